The second-order valence-electron chi connectivity index (χ2n) is 5.85. The van der Waals surface area contributed by atoms with Crippen LogP contribution < -0.4 is 14.4 Å². The molecule has 0 amide bonds. The van der Waals surface area contributed by atoms with E-state index in [0.29, 0.717) is 0 Å². The lowest BCUT2D eigenvalue weighted by Gasteiger charge is -2.25. The maximum atomic E-state index is 11.6. The van der Waals surface area contributed by atoms with E-state index in [0.717, 1.165) is 17.8 Å². The molecule has 8 heteroatoms. The van der Waals surface area contributed by atoms with Gasteiger partial charge < -0.3 is 9.47 Å². The van der Waals surface area contributed by atoms with Crippen LogP contribution in [0.2, 0.25) is 0 Å². The zero-order chi connectivity index (χ0) is 19.4. The molecule has 1 aliphatic heterocycles. The number of fused-ring (bicyclic) bond motifs is 1. The van der Waals surface area contributed by atoms with Gasteiger partial charge in [-0.15, -0.1) is 0 Å². The fraction of sp³-hybridized carbons (Fsp3) is 0.263. The molecule has 138 valence electrons. The number of hydrogen-bond donors (Lipinski definition) is 0. The normalized spacial score (nSPS) is 12.3. The third-order valence-corrected chi connectivity index (χ3v) is 4.19. The number of benzene rings is 1. The molecule has 1 aromatic carbocycles. The van der Waals surface area contributed by atoms with E-state index in [4.69, 9.17) is 9.47 Å². The monoisotopic (exact) mass is 366 g/mol. The van der Waals surface area contributed by atoms with Crippen LogP contribution in [0.25, 0.3) is 0 Å². The van der Waals surface area contributed by atoms with Crippen LogP contribution in [0, 0.1) is 28.4 Å². The van der Waals surface area contributed by atoms with Crippen molar-refractivity contribution in [3.8, 4) is 17.6 Å². The molecular formula is C19H18N4O4. The van der Waals surface area contributed by atoms with Crippen LogP contribution in [0.5, 0.6) is 11.5 Å². The summed E-state index contributed by atoms with van der Waals surface area (Å²) < 4.78 is 11.3. The largest absolute Gasteiger partial charge is 0.490 e. The molecule has 2 heterocycles. The van der Waals surface area contributed by atoms with Gasteiger partial charge in [0.15, 0.2) is 12.5 Å². The van der Waals surface area contributed by atoms with Gasteiger partial charge in [0, 0.05) is 24.0 Å². The molecule has 8 nitrogen and oxygen atoms in total. The number of nitro groups is 1. The van der Waals surface area contributed by atoms with E-state index < -0.39 is 4.92 Å². The molecule has 2 aromatic rings. The fourth-order valence-corrected chi connectivity index (χ4v) is 2.92. The Morgan fingerprint density at radius 1 is 1.44 bits per heavy atom. The van der Waals surface area contributed by atoms with Crippen molar-refractivity contribution < 1.29 is 14.4 Å². The van der Waals surface area contributed by atoms with Crippen molar-refractivity contribution in [1.82, 2.24) is 4.98 Å². The van der Waals surface area contributed by atoms with Crippen molar-refractivity contribution in [3.63, 3.8) is 0 Å². The molecule has 0 aliphatic carbocycles. The van der Waals surface area contributed by atoms with Gasteiger partial charge in [0.1, 0.15) is 5.82 Å². The molecule has 27 heavy (non-hydrogen) atoms. The Morgan fingerprint density at radius 3 is 2.96 bits per heavy atom. The summed E-state index contributed by atoms with van der Waals surface area (Å²) in [5.74, 6) is 0.925. The highest BCUT2D eigenvalue weighted by atomic mass is 16.6. The average molecular weight is 366 g/mol. The third kappa shape index (κ3) is 3.53. The van der Waals surface area contributed by atoms with E-state index in [2.05, 4.69) is 4.98 Å². The molecule has 1 aromatic heterocycles. The summed E-state index contributed by atoms with van der Waals surface area (Å²) in [4.78, 5) is 17.2. The van der Waals surface area contributed by atoms with Crippen molar-refractivity contribution >= 4 is 11.5 Å². The topological polar surface area (TPSA) is 102 Å². The number of allylic oxidation sites excluding steroid dienone is 1. The van der Waals surface area contributed by atoms with Gasteiger partial charge in [-0.05, 0) is 31.9 Å². The van der Waals surface area contributed by atoms with Gasteiger partial charge in [-0.25, -0.2) is 4.98 Å². The molecule has 0 spiro atoms. The van der Waals surface area contributed by atoms with Crippen LogP contribution in [0.3, 0.4) is 0 Å². The van der Waals surface area contributed by atoms with Gasteiger partial charge in [-0.1, -0.05) is 12.1 Å². The predicted molar refractivity (Wildman–Crippen MR) is 98.8 cm³/mol. The fourth-order valence-electron chi connectivity index (χ4n) is 2.92. The zero-order valence-electron chi connectivity index (χ0n) is 15.0. The third-order valence-electron chi connectivity index (χ3n) is 4.19. The summed E-state index contributed by atoms with van der Waals surface area (Å²) >= 11 is 0. The van der Waals surface area contributed by atoms with E-state index in [-0.39, 0.29) is 41.7 Å². The Bertz CT molecular complexity index is 949. The van der Waals surface area contributed by atoms with Gasteiger partial charge in [-0.3, -0.25) is 15.0 Å². The number of pyridine rings is 1. The van der Waals surface area contributed by atoms with Crippen LogP contribution in [0.1, 0.15) is 23.6 Å². The minimum absolute atomic E-state index is 0.00908. The summed E-state index contributed by atoms with van der Waals surface area (Å²) in [5.41, 5.74) is 1.20. The van der Waals surface area contributed by atoms with E-state index in [1.807, 2.05) is 30.5 Å². The molecular weight excluding hydrogens is 348 g/mol. The molecule has 3 rings (SSSR count). The Kier molecular flexibility index (Phi) is 5.22. The highest BCUT2D eigenvalue weighted by Crippen LogP contribution is 2.42. The number of aromatic nitrogens is 1. The number of nitrogens with zero attached hydrogens (tertiary/aromatic N) is 4. The summed E-state index contributed by atoms with van der Waals surface area (Å²) in [6.45, 7) is 3.59. The van der Waals surface area contributed by atoms with E-state index >= 15 is 0 Å². The molecule has 0 saturated heterocycles. The van der Waals surface area contributed by atoms with E-state index in [1.54, 1.807) is 18.0 Å². The van der Waals surface area contributed by atoms with Crippen molar-refractivity contribution in [2.24, 2.45) is 0 Å². The molecule has 0 atom stereocenters. The van der Waals surface area contributed by atoms with Crippen LogP contribution in [0.4, 0.5) is 11.5 Å². The van der Waals surface area contributed by atoms with Gasteiger partial charge in [0.25, 0.3) is 0 Å². The molecule has 0 fully saturated rings. The number of nitriles is 1. The summed E-state index contributed by atoms with van der Waals surface area (Å²) in [5, 5.41) is 20.9. The summed E-state index contributed by atoms with van der Waals surface area (Å²) in [7, 11) is 0. The first-order valence-electron chi connectivity index (χ1n) is 8.41. The van der Waals surface area contributed by atoms with Crippen molar-refractivity contribution in [3.05, 3.63) is 63.5 Å². The van der Waals surface area contributed by atoms with Gasteiger partial charge >= 0.3 is 5.69 Å². The highest BCUT2D eigenvalue weighted by molar-refractivity contribution is 5.66. The van der Waals surface area contributed by atoms with E-state index in [1.165, 1.54) is 13.0 Å². The number of anilines is 1. The molecule has 0 bridgehead atoms. The first-order chi connectivity index (χ1) is 13.1. The van der Waals surface area contributed by atoms with Gasteiger partial charge in [0.2, 0.25) is 5.75 Å². The predicted octanol–water partition coefficient (Wildman–Crippen LogP) is 3.48. The molecule has 0 unspecified atom stereocenters. The lowest BCUT2D eigenvalue weighted by molar-refractivity contribution is -0.386. The lowest BCUT2D eigenvalue weighted by Crippen LogP contribution is -2.26. The minimum atomic E-state index is -0.549. The zero-order valence-corrected chi connectivity index (χ0v) is 15.0. The van der Waals surface area contributed by atoms with Crippen molar-refractivity contribution in [2.45, 2.75) is 20.3 Å². The first-order valence-corrected chi connectivity index (χ1v) is 8.41. The Labute approximate surface area is 156 Å². The SMILES string of the molecule is CCOc1cc(C#N)c(C)c([N+](=O)[O-])c1OCN1C=CCc2cccnc21. The number of nitro benzene ring substituents is 1. The minimum Gasteiger partial charge on any atom is -0.490 e. The van der Waals surface area contributed by atoms with Crippen LogP contribution in [-0.4, -0.2) is 23.2 Å². The van der Waals surface area contributed by atoms with Crippen molar-refractivity contribution in [1.29, 1.82) is 5.26 Å². The second-order valence-corrected chi connectivity index (χ2v) is 5.85. The van der Waals surface area contributed by atoms with Crippen LogP contribution >= 0.6 is 0 Å². The Hall–Kier alpha value is -3.60. The molecule has 0 saturated carbocycles. The Balaban J connectivity index is 1.98. The Morgan fingerprint density at radius 2 is 2.26 bits per heavy atom. The maximum Gasteiger partial charge on any atom is 0.319 e. The highest BCUT2D eigenvalue weighted by Gasteiger charge is 2.28. The quantitative estimate of drug-likeness (QED) is 0.569. The second kappa shape index (κ2) is 7.74. The lowest BCUT2D eigenvalue weighted by atomic mass is 10.1. The van der Waals surface area contributed by atoms with Crippen LogP contribution in [0.15, 0.2) is 36.7 Å². The van der Waals surface area contributed by atoms with Crippen LogP contribution in [-0.2, 0) is 6.42 Å². The number of rotatable bonds is 6. The van der Waals surface area contributed by atoms with E-state index in [9.17, 15) is 15.4 Å². The van der Waals surface area contributed by atoms with Gasteiger partial charge in [0.05, 0.1) is 23.2 Å². The molecule has 0 radical (unpaired) electrons. The maximum absolute atomic E-state index is 11.6. The van der Waals surface area contributed by atoms with Crippen molar-refractivity contribution in [2.75, 3.05) is 18.2 Å². The number of ether oxygens (including phenoxy) is 2. The summed E-state index contributed by atoms with van der Waals surface area (Å²) in [6, 6.07) is 7.27. The smallest absolute Gasteiger partial charge is 0.319 e. The standard InChI is InChI=1S/C19H18N4O4/c1-3-26-16-10-15(11-20)13(2)17(23(24)25)18(16)27-12-22-9-5-7-14-6-4-8-21-19(14)22/h4-6,8-10H,3,7,12H2,1-2H3. The van der Waals surface area contributed by atoms with Gasteiger partial charge in [-0.2, -0.15) is 5.26 Å². The molecule has 1 aliphatic rings. The number of hydrogen-bond acceptors (Lipinski definition) is 7. The average Bonchev–Trinajstić information content (AvgIpc) is 2.67. The first kappa shape index (κ1) is 18.2. The summed E-state index contributed by atoms with van der Waals surface area (Å²) in [6.07, 6.45) is 6.25. The molecule has 0 N–H and O–H groups in total.